The van der Waals surface area contributed by atoms with Gasteiger partial charge >= 0.3 is 5.97 Å². The van der Waals surface area contributed by atoms with E-state index in [1.807, 2.05) is 19.1 Å². The molecule has 9 heteroatoms. The minimum Gasteiger partial charge on any atom is -0.478 e. The number of likely N-dealkylation sites (tertiary alicyclic amines) is 1. The third kappa shape index (κ3) is 3.63. The summed E-state index contributed by atoms with van der Waals surface area (Å²) in [5.41, 5.74) is 1.51. The Morgan fingerprint density at radius 2 is 2.00 bits per heavy atom. The molecule has 1 fully saturated rings. The average molecular weight is 395 g/mol. The molecule has 4 rings (SSSR count). The van der Waals surface area contributed by atoms with Crippen molar-refractivity contribution in [2.75, 3.05) is 13.1 Å². The monoisotopic (exact) mass is 395 g/mol. The predicted molar refractivity (Wildman–Crippen MR) is 105 cm³/mol. The first-order chi connectivity index (χ1) is 13.9. The van der Waals surface area contributed by atoms with Gasteiger partial charge in [0, 0.05) is 19.3 Å². The first-order valence-corrected chi connectivity index (χ1v) is 9.44. The highest BCUT2D eigenvalue weighted by Gasteiger charge is 2.25. The molecule has 1 N–H and O–H groups in total. The predicted octanol–water partition coefficient (Wildman–Crippen LogP) is 1.46. The number of para-hydroxylation sites is 1. The molecule has 0 atom stereocenters. The van der Waals surface area contributed by atoms with Gasteiger partial charge in [0.25, 0.3) is 5.56 Å². The summed E-state index contributed by atoms with van der Waals surface area (Å²) in [5, 5.41) is 13.6. The minimum absolute atomic E-state index is 0.0503. The van der Waals surface area contributed by atoms with Gasteiger partial charge in [-0.15, -0.1) is 0 Å². The molecule has 9 nitrogen and oxygen atoms in total. The number of aryl methyl sites for hydroxylation is 1. The van der Waals surface area contributed by atoms with Gasteiger partial charge in [0.2, 0.25) is 5.91 Å². The molecule has 0 radical (unpaired) electrons. The van der Waals surface area contributed by atoms with Crippen LogP contribution in [0.15, 0.2) is 41.7 Å². The number of piperidine rings is 1. The summed E-state index contributed by atoms with van der Waals surface area (Å²) in [6.07, 6.45) is 5.64. The Bertz CT molecular complexity index is 1140. The van der Waals surface area contributed by atoms with Gasteiger partial charge in [0.1, 0.15) is 6.54 Å². The summed E-state index contributed by atoms with van der Waals surface area (Å²) in [7, 11) is 0. The fourth-order valence-electron chi connectivity index (χ4n) is 3.72. The van der Waals surface area contributed by atoms with Crippen molar-refractivity contribution < 1.29 is 14.7 Å². The van der Waals surface area contributed by atoms with Gasteiger partial charge in [-0.3, -0.25) is 18.8 Å². The smallest absolute Gasteiger partial charge is 0.338 e. The first-order valence-electron chi connectivity index (χ1n) is 9.44. The molecule has 1 amide bonds. The van der Waals surface area contributed by atoms with Crippen LogP contribution >= 0.6 is 0 Å². The van der Waals surface area contributed by atoms with E-state index in [9.17, 15) is 14.4 Å². The molecule has 1 aromatic carbocycles. The maximum atomic E-state index is 12.7. The van der Waals surface area contributed by atoms with Crippen molar-refractivity contribution >= 4 is 22.8 Å². The third-order valence-electron chi connectivity index (χ3n) is 5.40. The topological polar surface area (TPSA) is 110 Å². The Labute approximate surface area is 166 Å². The number of amides is 1. The number of carboxylic acid groups (broad SMARTS) is 1. The van der Waals surface area contributed by atoms with Gasteiger partial charge in [-0.2, -0.15) is 5.10 Å². The van der Waals surface area contributed by atoms with Crippen LogP contribution in [0, 0.1) is 6.92 Å². The fraction of sp³-hybridized carbons (Fsp3) is 0.350. The molecule has 0 aliphatic carbocycles. The molecule has 150 valence electrons. The molecule has 0 spiro atoms. The summed E-state index contributed by atoms with van der Waals surface area (Å²) < 4.78 is 3.01. The van der Waals surface area contributed by atoms with Crippen LogP contribution < -0.4 is 5.56 Å². The van der Waals surface area contributed by atoms with Gasteiger partial charge in [-0.1, -0.05) is 12.1 Å². The standard InChI is InChI=1S/C20H21N5O4/c1-13-3-2-4-16-18(13)21-12-24(19(16)27)11-17(26)23-7-5-15(6-8-23)25-10-14(9-22-25)20(28)29/h2-4,9-10,12,15H,5-8,11H2,1H3,(H,28,29). The lowest BCUT2D eigenvalue weighted by Crippen LogP contribution is -2.42. The number of rotatable bonds is 4. The summed E-state index contributed by atoms with van der Waals surface area (Å²) in [6.45, 7) is 2.90. The highest BCUT2D eigenvalue weighted by atomic mass is 16.4. The molecule has 0 bridgehead atoms. The highest BCUT2D eigenvalue weighted by molar-refractivity contribution is 5.86. The van der Waals surface area contributed by atoms with Crippen LogP contribution in [0.3, 0.4) is 0 Å². The van der Waals surface area contributed by atoms with Crippen LogP contribution in [0.5, 0.6) is 0 Å². The fourth-order valence-corrected chi connectivity index (χ4v) is 3.72. The van der Waals surface area contributed by atoms with E-state index < -0.39 is 5.97 Å². The Kier molecular flexibility index (Phi) is 4.87. The minimum atomic E-state index is -1.01. The molecule has 1 aliphatic heterocycles. The number of carboxylic acids is 1. The second-order valence-electron chi connectivity index (χ2n) is 7.27. The van der Waals surface area contributed by atoms with Gasteiger partial charge in [0.05, 0.1) is 35.0 Å². The summed E-state index contributed by atoms with van der Waals surface area (Å²) in [5.74, 6) is -1.14. The summed E-state index contributed by atoms with van der Waals surface area (Å²) in [6, 6.07) is 5.48. The third-order valence-corrected chi connectivity index (χ3v) is 5.40. The van der Waals surface area contributed by atoms with E-state index in [2.05, 4.69) is 10.1 Å². The van der Waals surface area contributed by atoms with E-state index in [0.29, 0.717) is 36.8 Å². The van der Waals surface area contributed by atoms with Gasteiger partial charge in [0.15, 0.2) is 0 Å². The maximum Gasteiger partial charge on any atom is 0.338 e. The zero-order valence-corrected chi connectivity index (χ0v) is 16.0. The number of hydrogen-bond donors (Lipinski definition) is 1. The van der Waals surface area contributed by atoms with Gasteiger partial charge in [-0.25, -0.2) is 9.78 Å². The van der Waals surface area contributed by atoms with Crippen LogP contribution in [0.2, 0.25) is 0 Å². The van der Waals surface area contributed by atoms with Crippen molar-refractivity contribution in [1.29, 1.82) is 0 Å². The molecule has 0 saturated carbocycles. The molecular weight excluding hydrogens is 374 g/mol. The van der Waals surface area contributed by atoms with Crippen molar-refractivity contribution in [2.45, 2.75) is 32.4 Å². The quantitative estimate of drug-likeness (QED) is 0.716. The number of nitrogens with zero attached hydrogens (tertiary/aromatic N) is 5. The molecule has 1 aliphatic rings. The Balaban J connectivity index is 1.42. The number of aromatic carboxylic acids is 1. The number of carbonyl (C=O) groups is 2. The van der Waals surface area contributed by atoms with E-state index in [-0.39, 0.29) is 29.6 Å². The molecule has 1 saturated heterocycles. The number of aromatic nitrogens is 4. The lowest BCUT2D eigenvalue weighted by Gasteiger charge is -2.32. The maximum absolute atomic E-state index is 12.7. The summed E-state index contributed by atoms with van der Waals surface area (Å²) in [4.78, 5) is 42.5. The van der Waals surface area contributed by atoms with E-state index in [0.717, 1.165) is 5.56 Å². The van der Waals surface area contributed by atoms with Crippen molar-refractivity contribution in [3.05, 3.63) is 58.4 Å². The number of carbonyl (C=O) groups excluding carboxylic acids is 1. The molecular formula is C20H21N5O4. The number of hydrogen-bond acceptors (Lipinski definition) is 5. The first kappa shape index (κ1) is 18.9. The molecule has 3 aromatic rings. The van der Waals surface area contributed by atoms with Crippen molar-refractivity contribution in [1.82, 2.24) is 24.2 Å². The van der Waals surface area contributed by atoms with E-state index in [4.69, 9.17) is 5.11 Å². The SMILES string of the molecule is Cc1cccc2c(=O)n(CC(=O)N3CCC(n4cc(C(=O)O)cn4)CC3)cnc12. The zero-order chi connectivity index (χ0) is 20.5. The van der Waals surface area contributed by atoms with Crippen LogP contribution in [0.4, 0.5) is 0 Å². The molecule has 3 heterocycles. The van der Waals surface area contributed by atoms with E-state index in [1.54, 1.807) is 15.6 Å². The normalized spacial score (nSPS) is 15.0. The lowest BCUT2D eigenvalue weighted by molar-refractivity contribution is -0.133. The van der Waals surface area contributed by atoms with Crippen LogP contribution in [-0.2, 0) is 11.3 Å². The zero-order valence-electron chi connectivity index (χ0n) is 16.0. The Morgan fingerprint density at radius 1 is 1.24 bits per heavy atom. The van der Waals surface area contributed by atoms with Crippen LogP contribution in [0.25, 0.3) is 10.9 Å². The van der Waals surface area contributed by atoms with E-state index in [1.165, 1.54) is 23.3 Å². The highest BCUT2D eigenvalue weighted by Crippen LogP contribution is 2.22. The number of fused-ring (bicyclic) bond motifs is 1. The lowest BCUT2D eigenvalue weighted by atomic mass is 10.1. The van der Waals surface area contributed by atoms with Crippen molar-refractivity contribution in [3.63, 3.8) is 0 Å². The van der Waals surface area contributed by atoms with Crippen molar-refractivity contribution in [2.24, 2.45) is 0 Å². The van der Waals surface area contributed by atoms with Crippen molar-refractivity contribution in [3.8, 4) is 0 Å². The van der Waals surface area contributed by atoms with Crippen LogP contribution in [0.1, 0.15) is 34.8 Å². The average Bonchev–Trinajstić information content (AvgIpc) is 3.21. The molecule has 0 unspecified atom stereocenters. The Hall–Kier alpha value is -3.49. The second-order valence-corrected chi connectivity index (χ2v) is 7.27. The van der Waals surface area contributed by atoms with E-state index >= 15 is 0 Å². The molecule has 2 aromatic heterocycles. The largest absolute Gasteiger partial charge is 0.478 e. The molecule has 29 heavy (non-hydrogen) atoms. The second kappa shape index (κ2) is 7.50. The van der Waals surface area contributed by atoms with Gasteiger partial charge < -0.3 is 10.0 Å². The van der Waals surface area contributed by atoms with Gasteiger partial charge in [-0.05, 0) is 31.4 Å². The number of benzene rings is 1. The van der Waals surface area contributed by atoms with Crippen LogP contribution in [-0.4, -0.2) is 54.3 Å². The Morgan fingerprint density at radius 3 is 2.69 bits per heavy atom. The summed E-state index contributed by atoms with van der Waals surface area (Å²) >= 11 is 0.